The number of guanidine groups is 1. The molecule has 0 aliphatic rings. The maximum atomic E-state index is 12.0. The fraction of sp³-hybridized carbons (Fsp3) is 0.389. The summed E-state index contributed by atoms with van der Waals surface area (Å²) in [5.74, 6) is 1.28. The molecule has 27 heavy (non-hydrogen) atoms. The highest BCUT2D eigenvalue weighted by atomic mass is 127. The average Bonchev–Trinajstić information content (AvgIpc) is 3.07. The van der Waals surface area contributed by atoms with E-state index in [2.05, 4.69) is 26.0 Å². The summed E-state index contributed by atoms with van der Waals surface area (Å²) in [7, 11) is 3.50. The predicted octanol–water partition coefficient (Wildman–Crippen LogP) is 1.42. The topological polar surface area (TPSA) is 92.6 Å². The van der Waals surface area contributed by atoms with Gasteiger partial charge in [-0.15, -0.1) is 24.0 Å². The van der Waals surface area contributed by atoms with Crippen molar-refractivity contribution in [3.63, 3.8) is 0 Å². The molecular weight excluding hydrogens is 459 g/mol. The van der Waals surface area contributed by atoms with Crippen LogP contribution in [0.4, 0.5) is 0 Å². The van der Waals surface area contributed by atoms with Crippen LogP contribution in [0.3, 0.4) is 0 Å². The van der Waals surface area contributed by atoms with Crippen molar-refractivity contribution >= 4 is 35.8 Å². The number of aromatic nitrogens is 2. The van der Waals surface area contributed by atoms with E-state index in [1.54, 1.807) is 18.0 Å². The second kappa shape index (κ2) is 12.2. The lowest BCUT2D eigenvalue weighted by molar-refractivity contribution is -0.120. The van der Waals surface area contributed by atoms with Crippen LogP contribution in [0.2, 0.25) is 0 Å². The third-order valence-corrected chi connectivity index (χ3v) is 3.73. The fourth-order valence-electron chi connectivity index (χ4n) is 2.23. The van der Waals surface area contributed by atoms with E-state index in [0.717, 1.165) is 17.0 Å². The summed E-state index contributed by atoms with van der Waals surface area (Å²) in [6.45, 7) is 3.79. The zero-order valence-corrected chi connectivity index (χ0v) is 18.2. The molecule has 2 rings (SSSR count). The van der Waals surface area contributed by atoms with E-state index >= 15 is 0 Å². The van der Waals surface area contributed by atoms with Crippen LogP contribution in [-0.4, -0.2) is 41.8 Å². The zero-order chi connectivity index (χ0) is 18.8. The normalized spacial score (nSPS) is 10.7. The largest absolute Gasteiger partial charge is 0.497 e. The number of methoxy groups -OCH3 is 1. The first-order chi connectivity index (χ1) is 12.6. The number of carbonyl (C=O) groups excluding carboxylic acids is 1. The Bertz CT molecular complexity index is 730. The van der Waals surface area contributed by atoms with Crippen molar-refractivity contribution in [2.45, 2.75) is 20.0 Å². The van der Waals surface area contributed by atoms with Gasteiger partial charge < -0.3 is 20.7 Å². The Morgan fingerprint density at radius 2 is 1.93 bits per heavy atom. The van der Waals surface area contributed by atoms with Crippen LogP contribution in [0.5, 0.6) is 5.75 Å². The lowest BCUT2D eigenvalue weighted by Crippen LogP contribution is -2.43. The Balaban J connectivity index is 0.00000364. The Hall–Kier alpha value is -2.30. The van der Waals surface area contributed by atoms with Gasteiger partial charge in [0.2, 0.25) is 5.91 Å². The lowest BCUT2D eigenvalue weighted by Gasteiger charge is -2.12. The number of rotatable bonds is 8. The number of carbonyl (C=O) groups is 1. The van der Waals surface area contributed by atoms with Gasteiger partial charge in [0.25, 0.3) is 0 Å². The maximum Gasteiger partial charge on any atom is 0.239 e. The molecule has 0 unspecified atom stereocenters. The highest BCUT2D eigenvalue weighted by Crippen LogP contribution is 2.10. The summed E-state index contributed by atoms with van der Waals surface area (Å²) in [5, 5.41) is 13.1. The molecule has 9 heteroatoms. The molecule has 0 atom stereocenters. The molecule has 1 aromatic carbocycles. The van der Waals surface area contributed by atoms with Crippen LogP contribution in [0.25, 0.3) is 0 Å². The number of aliphatic imine (C=N–C) groups is 1. The minimum atomic E-state index is -0.105. The molecule has 0 saturated carbocycles. The number of ether oxygens (including phenoxy) is 1. The summed E-state index contributed by atoms with van der Waals surface area (Å²) >= 11 is 0. The number of nitrogens with one attached hydrogen (secondary N) is 3. The molecule has 1 aromatic heterocycles. The van der Waals surface area contributed by atoms with Crippen molar-refractivity contribution in [1.29, 1.82) is 0 Å². The van der Waals surface area contributed by atoms with Gasteiger partial charge in [0.15, 0.2) is 5.96 Å². The summed E-state index contributed by atoms with van der Waals surface area (Å²) in [4.78, 5) is 16.5. The average molecular weight is 486 g/mol. The quantitative estimate of drug-likeness (QED) is 0.298. The van der Waals surface area contributed by atoms with Crippen molar-refractivity contribution in [3.05, 3.63) is 47.8 Å². The Morgan fingerprint density at radius 3 is 2.52 bits per heavy atom. The second-order valence-electron chi connectivity index (χ2n) is 5.62. The first-order valence-corrected chi connectivity index (χ1v) is 8.51. The molecule has 0 spiro atoms. The second-order valence-corrected chi connectivity index (χ2v) is 5.62. The van der Waals surface area contributed by atoms with Crippen LogP contribution in [0, 0.1) is 0 Å². The fourth-order valence-corrected chi connectivity index (χ4v) is 2.23. The van der Waals surface area contributed by atoms with Crippen LogP contribution in [0.1, 0.15) is 18.2 Å². The van der Waals surface area contributed by atoms with Crippen LogP contribution < -0.4 is 20.7 Å². The molecule has 0 saturated heterocycles. The van der Waals surface area contributed by atoms with Crippen molar-refractivity contribution in [2.75, 3.05) is 20.2 Å². The molecule has 1 amide bonds. The van der Waals surface area contributed by atoms with Crippen LogP contribution in [0.15, 0.2) is 41.5 Å². The van der Waals surface area contributed by atoms with E-state index in [0.29, 0.717) is 25.6 Å². The number of hydrogen-bond donors (Lipinski definition) is 3. The smallest absolute Gasteiger partial charge is 0.239 e. The highest BCUT2D eigenvalue weighted by Gasteiger charge is 2.05. The summed E-state index contributed by atoms with van der Waals surface area (Å²) < 4.78 is 6.89. The highest BCUT2D eigenvalue weighted by molar-refractivity contribution is 14.0. The Kier molecular flexibility index (Phi) is 10.2. The molecule has 0 bridgehead atoms. The van der Waals surface area contributed by atoms with E-state index in [1.807, 2.05) is 44.3 Å². The predicted molar refractivity (Wildman–Crippen MR) is 116 cm³/mol. The molecule has 0 aliphatic heterocycles. The molecule has 1 heterocycles. The molecule has 2 aromatic rings. The van der Waals surface area contributed by atoms with Crippen LogP contribution >= 0.6 is 24.0 Å². The standard InChI is InChI=1S/C18H26N6O2.HI/c1-4-19-18(21-12-15-9-10-23-24(15)2)22-13-17(25)20-11-14-5-7-16(26-3)8-6-14;/h5-10H,4,11-13H2,1-3H3,(H,20,25)(H2,19,21,22);1H. The number of nitrogens with zero attached hydrogens (tertiary/aromatic N) is 3. The molecule has 0 aliphatic carbocycles. The number of benzene rings is 1. The van der Waals surface area contributed by atoms with Gasteiger partial charge >= 0.3 is 0 Å². The van der Waals surface area contributed by atoms with Gasteiger partial charge in [0.1, 0.15) is 5.75 Å². The van der Waals surface area contributed by atoms with Crippen molar-refractivity contribution < 1.29 is 9.53 Å². The van der Waals surface area contributed by atoms with Crippen molar-refractivity contribution in [2.24, 2.45) is 12.0 Å². The Morgan fingerprint density at radius 1 is 1.19 bits per heavy atom. The van der Waals surface area contributed by atoms with Crippen LogP contribution in [-0.2, 0) is 24.9 Å². The first kappa shape index (κ1) is 22.7. The van der Waals surface area contributed by atoms with E-state index in [-0.39, 0.29) is 36.4 Å². The summed E-state index contributed by atoms with van der Waals surface area (Å²) in [5.41, 5.74) is 2.00. The molecule has 8 nitrogen and oxygen atoms in total. The van der Waals surface area contributed by atoms with E-state index in [9.17, 15) is 4.79 Å². The van der Waals surface area contributed by atoms with E-state index in [1.165, 1.54) is 0 Å². The molecule has 148 valence electrons. The van der Waals surface area contributed by atoms with Gasteiger partial charge in [-0.1, -0.05) is 12.1 Å². The summed E-state index contributed by atoms with van der Waals surface area (Å²) in [6.07, 6.45) is 1.73. The van der Waals surface area contributed by atoms with Gasteiger partial charge in [-0.05, 0) is 30.7 Å². The minimum absolute atomic E-state index is 0. The third kappa shape index (κ3) is 7.85. The molecule has 3 N–H and O–H groups in total. The maximum absolute atomic E-state index is 12.0. The lowest BCUT2D eigenvalue weighted by atomic mass is 10.2. The van der Waals surface area contributed by atoms with Gasteiger partial charge in [-0.2, -0.15) is 5.10 Å². The summed E-state index contributed by atoms with van der Waals surface area (Å²) in [6, 6.07) is 9.49. The molecular formula is C18H27IN6O2. The monoisotopic (exact) mass is 486 g/mol. The number of aryl methyl sites for hydroxylation is 1. The first-order valence-electron chi connectivity index (χ1n) is 8.51. The zero-order valence-electron chi connectivity index (χ0n) is 15.9. The number of amides is 1. The van der Waals surface area contributed by atoms with Gasteiger partial charge in [-0.25, -0.2) is 4.99 Å². The SMILES string of the molecule is CCNC(=NCc1ccnn1C)NCC(=O)NCc1ccc(OC)cc1.I. The van der Waals surface area contributed by atoms with E-state index in [4.69, 9.17) is 4.74 Å². The minimum Gasteiger partial charge on any atom is -0.497 e. The number of hydrogen-bond acceptors (Lipinski definition) is 4. The van der Waals surface area contributed by atoms with E-state index < -0.39 is 0 Å². The van der Waals surface area contributed by atoms with Gasteiger partial charge in [-0.3, -0.25) is 9.48 Å². The van der Waals surface area contributed by atoms with Crippen molar-refractivity contribution in [1.82, 2.24) is 25.7 Å². The Labute approximate surface area is 176 Å². The number of halogens is 1. The van der Waals surface area contributed by atoms with Gasteiger partial charge in [0.05, 0.1) is 25.9 Å². The van der Waals surface area contributed by atoms with Gasteiger partial charge in [0, 0.05) is 26.3 Å². The molecule has 0 fully saturated rings. The third-order valence-electron chi connectivity index (χ3n) is 3.73. The van der Waals surface area contributed by atoms with Crippen molar-refractivity contribution in [3.8, 4) is 5.75 Å². The molecule has 0 radical (unpaired) electrons.